The molecule has 1 fully saturated rings. The number of hydrogen-bond acceptors (Lipinski definition) is 4. The zero-order valence-corrected chi connectivity index (χ0v) is 16.4. The summed E-state index contributed by atoms with van der Waals surface area (Å²) in [6.07, 6.45) is 7.03. The van der Waals surface area contributed by atoms with Gasteiger partial charge in [0.25, 0.3) is 5.91 Å². The van der Waals surface area contributed by atoms with Gasteiger partial charge in [-0.05, 0) is 52.0 Å². The van der Waals surface area contributed by atoms with Gasteiger partial charge in [0.1, 0.15) is 5.82 Å². The van der Waals surface area contributed by atoms with Crippen molar-refractivity contribution < 1.29 is 4.79 Å². The van der Waals surface area contributed by atoms with Gasteiger partial charge in [-0.15, -0.1) is 11.3 Å². The lowest BCUT2D eigenvalue weighted by Gasteiger charge is -2.31. The first kappa shape index (κ1) is 18.4. The number of aryl methyl sites for hydroxylation is 1. The van der Waals surface area contributed by atoms with Crippen LogP contribution in [0.4, 0.5) is 0 Å². The SMILES string of the molecule is CN(C)CCCn1ccnc1C1CCN(C(=O)c2ccc(Cl)s2)CC1. The number of likely N-dealkylation sites (tertiary alicyclic amines) is 1. The van der Waals surface area contributed by atoms with Gasteiger partial charge < -0.3 is 14.4 Å². The molecule has 0 atom stereocenters. The quantitative estimate of drug-likeness (QED) is 0.769. The molecule has 7 heteroatoms. The fourth-order valence-corrected chi connectivity index (χ4v) is 4.36. The van der Waals surface area contributed by atoms with Gasteiger partial charge in [0.15, 0.2) is 0 Å². The number of carbonyl (C=O) groups excluding carboxylic acids is 1. The van der Waals surface area contributed by atoms with Gasteiger partial charge in [-0.3, -0.25) is 4.79 Å². The summed E-state index contributed by atoms with van der Waals surface area (Å²) in [6.45, 7) is 3.64. The Kier molecular flexibility index (Phi) is 6.15. The Morgan fingerprint density at radius 1 is 1.36 bits per heavy atom. The number of nitrogens with zero attached hydrogens (tertiary/aromatic N) is 4. The average molecular weight is 381 g/mol. The Morgan fingerprint density at radius 2 is 2.12 bits per heavy atom. The van der Waals surface area contributed by atoms with Crippen LogP contribution in [0, 0.1) is 0 Å². The van der Waals surface area contributed by atoms with Crippen LogP contribution in [0.3, 0.4) is 0 Å². The number of carbonyl (C=O) groups is 1. The number of piperidine rings is 1. The molecule has 0 unspecified atom stereocenters. The van der Waals surface area contributed by atoms with Crippen molar-refractivity contribution in [1.82, 2.24) is 19.4 Å². The van der Waals surface area contributed by atoms with Gasteiger partial charge in [-0.25, -0.2) is 4.98 Å². The van der Waals surface area contributed by atoms with Crippen molar-refractivity contribution in [3.05, 3.63) is 39.6 Å². The molecule has 1 saturated heterocycles. The lowest BCUT2D eigenvalue weighted by atomic mass is 9.95. The molecule has 2 aromatic heterocycles. The largest absolute Gasteiger partial charge is 0.338 e. The summed E-state index contributed by atoms with van der Waals surface area (Å²) in [6, 6.07) is 3.61. The Morgan fingerprint density at radius 3 is 2.76 bits per heavy atom. The summed E-state index contributed by atoms with van der Waals surface area (Å²) in [5, 5.41) is 0. The van der Waals surface area contributed by atoms with Crippen LogP contribution in [0.2, 0.25) is 4.34 Å². The van der Waals surface area contributed by atoms with Crippen LogP contribution >= 0.6 is 22.9 Å². The van der Waals surface area contributed by atoms with Crippen molar-refractivity contribution in [3.63, 3.8) is 0 Å². The number of aromatic nitrogens is 2. The molecule has 136 valence electrons. The van der Waals surface area contributed by atoms with E-state index < -0.39 is 0 Å². The zero-order chi connectivity index (χ0) is 17.8. The molecule has 0 spiro atoms. The highest BCUT2D eigenvalue weighted by atomic mass is 35.5. The van der Waals surface area contributed by atoms with Crippen molar-refractivity contribution in [2.24, 2.45) is 0 Å². The van der Waals surface area contributed by atoms with Crippen LogP contribution < -0.4 is 0 Å². The Hall–Kier alpha value is -1.37. The highest BCUT2D eigenvalue weighted by molar-refractivity contribution is 7.17. The lowest BCUT2D eigenvalue weighted by molar-refractivity contribution is 0.0715. The molecule has 5 nitrogen and oxygen atoms in total. The summed E-state index contributed by atoms with van der Waals surface area (Å²) in [7, 11) is 4.20. The molecule has 1 aliphatic heterocycles. The molecule has 0 N–H and O–H groups in total. The predicted molar refractivity (Wildman–Crippen MR) is 103 cm³/mol. The standard InChI is InChI=1S/C18H25ClN4OS/c1-21(2)9-3-10-22-13-8-20-17(22)14-6-11-23(12-7-14)18(24)15-4-5-16(19)25-15/h4-5,8,13-14H,3,6-7,9-12H2,1-2H3. The minimum absolute atomic E-state index is 0.102. The van der Waals surface area contributed by atoms with E-state index in [9.17, 15) is 4.79 Å². The van der Waals surface area contributed by atoms with E-state index in [1.807, 2.05) is 17.2 Å². The van der Waals surface area contributed by atoms with Crippen molar-refractivity contribution in [3.8, 4) is 0 Å². The van der Waals surface area contributed by atoms with Crippen LogP contribution in [0.25, 0.3) is 0 Å². The van der Waals surface area contributed by atoms with E-state index in [-0.39, 0.29) is 5.91 Å². The highest BCUT2D eigenvalue weighted by Crippen LogP contribution is 2.29. The maximum atomic E-state index is 12.5. The third-order valence-corrected chi connectivity index (χ3v) is 5.90. The summed E-state index contributed by atoms with van der Waals surface area (Å²) in [4.78, 5) is 22.0. The Labute approximate surface area is 158 Å². The molecule has 0 aromatic carbocycles. The summed E-state index contributed by atoms with van der Waals surface area (Å²) in [5.74, 6) is 1.71. The number of imidazole rings is 1. The molecular formula is C18H25ClN4OS. The van der Waals surface area contributed by atoms with E-state index in [2.05, 4.69) is 34.7 Å². The van der Waals surface area contributed by atoms with Gasteiger partial charge in [-0.2, -0.15) is 0 Å². The highest BCUT2D eigenvalue weighted by Gasteiger charge is 2.27. The average Bonchev–Trinajstić information content (AvgIpc) is 3.23. The third-order valence-electron chi connectivity index (χ3n) is 4.68. The minimum Gasteiger partial charge on any atom is -0.338 e. The smallest absolute Gasteiger partial charge is 0.263 e. The summed E-state index contributed by atoms with van der Waals surface area (Å²) in [5.41, 5.74) is 0. The van der Waals surface area contributed by atoms with E-state index in [1.54, 1.807) is 6.07 Å². The van der Waals surface area contributed by atoms with E-state index in [0.29, 0.717) is 10.3 Å². The first-order chi connectivity index (χ1) is 12.0. The molecule has 0 aliphatic carbocycles. The van der Waals surface area contributed by atoms with Crippen molar-refractivity contribution in [2.45, 2.75) is 31.7 Å². The van der Waals surface area contributed by atoms with Crippen LogP contribution in [0.5, 0.6) is 0 Å². The number of thiophene rings is 1. The summed E-state index contributed by atoms with van der Waals surface area (Å²) < 4.78 is 2.95. The van der Waals surface area contributed by atoms with Crippen LogP contribution in [-0.2, 0) is 6.54 Å². The lowest BCUT2D eigenvalue weighted by Crippen LogP contribution is -2.38. The van der Waals surface area contributed by atoms with Gasteiger partial charge in [0.2, 0.25) is 0 Å². The number of amides is 1. The zero-order valence-electron chi connectivity index (χ0n) is 14.8. The fourth-order valence-electron chi connectivity index (χ4n) is 3.35. The Balaban J connectivity index is 1.56. The molecule has 2 aromatic rings. The normalized spacial score (nSPS) is 15.9. The molecule has 0 bridgehead atoms. The predicted octanol–water partition coefficient (Wildman–Crippen LogP) is 3.57. The van der Waals surface area contributed by atoms with Crippen molar-refractivity contribution in [2.75, 3.05) is 33.7 Å². The second-order valence-corrected chi connectivity index (χ2v) is 8.52. The Bertz CT molecular complexity index is 704. The van der Waals surface area contributed by atoms with Crippen molar-refractivity contribution in [1.29, 1.82) is 0 Å². The first-order valence-corrected chi connectivity index (χ1v) is 9.94. The molecule has 1 aliphatic rings. The minimum atomic E-state index is 0.102. The van der Waals surface area contributed by atoms with E-state index in [4.69, 9.17) is 11.6 Å². The molecule has 3 heterocycles. The van der Waals surface area contributed by atoms with Gasteiger partial charge in [0.05, 0.1) is 9.21 Å². The topological polar surface area (TPSA) is 41.4 Å². The van der Waals surface area contributed by atoms with Gasteiger partial charge >= 0.3 is 0 Å². The molecule has 0 radical (unpaired) electrons. The van der Waals surface area contributed by atoms with Crippen LogP contribution in [0.15, 0.2) is 24.5 Å². The monoisotopic (exact) mass is 380 g/mol. The van der Waals surface area contributed by atoms with Gasteiger partial charge in [0, 0.05) is 37.9 Å². The second kappa shape index (κ2) is 8.34. The fraction of sp³-hybridized carbons (Fsp3) is 0.556. The second-order valence-electron chi connectivity index (χ2n) is 6.81. The molecular weight excluding hydrogens is 356 g/mol. The van der Waals surface area contributed by atoms with E-state index in [0.717, 1.165) is 50.3 Å². The summed E-state index contributed by atoms with van der Waals surface area (Å²) >= 11 is 7.30. The number of hydrogen-bond donors (Lipinski definition) is 0. The molecule has 3 rings (SSSR count). The van der Waals surface area contributed by atoms with E-state index >= 15 is 0 Å². The van der Waals surface area contributed by atoms with Gasteiger partial charge in [-0.1, -0.05) is 11.6 Å². The molecule has 25 heavy (non-hydrogen) atoms. The number of halogens is 1. The van der Waals surface area contributed by atoms with E-state index in [1.165, 1.54) is 17.2 Å². The van der Waals surface area contributed by atoms with Crippen molar-refractivity contribution >= 4 is 28.8 Å². The molecule has 0 saturated carbocycles. The maximum absolute atomic E-state index is 12.5. The number of rotatable bonds is 6. The molecule has 1 amide bonds. The van der Waals surface area contributed by atoms with Crippen LogP contribution in [-0.4, -0.2) is 59.0 Å². The first-order valence-electron chi connectivity index (χ1n) is 8.75. The maximum Gasteiger partial charge on any atom is 0.263 e. The third kappa shape index (κ3) is 4.63. The van der Waals surface area contributed by atoms with Crippen LogP contribution in [0.1, 0.15) is 40.7 Å².